The van der Waals surface area contributed by atoms with Crippen molar-refractivity contribution >= 4 is 11.7 Å². The van der Waals surface area contributed by atoms with Crippen molar-refractivity contribution in [3.8, 4) is 11.3 Å². The molecule has 2 aliphatic rings. The number of carbonyl (C=O) groups is 1. The molecule has 1 N–H and O–H groups in total. The number of aryl methyl sites for hydroxylation is 1. The molecule has 0 spiro atoms. The van der Waals surface area contributed by atoms with Crippen LogP contribution in [-0.4, -0.2) is 44.4 Å². The predicted octanol–water partition coefficient (Wildman–Crippen LogP) is 4.58. The maximum absolute atomic E-state index is 13.6. The number of hydrogen-bond donors (Lipinski definition) is 1. The molecule has 1 amide bonds. The zero-order chi connectivity index (χ0) is 23.2. The molecule has 33 heavy (non-hydrogen) atoms. The molecule has 0 unspecified atom stereocenters. The highest BCUT2D eigenvalue weighted by Gasteiger charge is 2.47. The first-order chi connectivity index (χ1) is 15.8. The summed E-state index contributed by atoms with van der Waals surface area (Å²) in [4.78, 5) is 28.3. The van der Waals surface area contributed by atoms with E-state index in [9.17, 15) is 18.0 Å². The fraction of sp³-hybridized carbons (Fsp3) is 0.333. The Labute approximate surface area is 188 Å². The lowest BCUT2D eigenvalue weighted by molar-refractivity contribution is -0.137. The second-order valence-corrected chi connectivity index (χ2v) is 8.61. The maximum Gasteiger partial charge on any atom is 0.417 e. The molecule has 9 heteroatoms. The van der Waals surface area contributed by atoms with E-state index >= 15 is 0 Å². The Morgan fingerprint density at radius 2 is 1.94 bits per heavy atom. The van der Waals surface area contributed by atoms with Crippen LogP contribution in [0.4, 0.5) is 19.0 Å². The van der Waals surface area contributed by atoms with E-state index in [1.807, 2.05) is 42.2 Å². The minimum Gasteiger partial charge on any atom is -0.365 e. The van der Waals surface area contributed by atoms with Crippen LogP contribution in [0.25, 0.3) is 11.3 Å². The van der Waals surface area contributed by atoms with E-state index < -0.39 is 11.7 Å². The largest absolute Gasteiger partial charge is 0.417 e. The average molecular weight is 453 g/mol. The van der Waals surface area contributed by atoms with Crippen molar-refractivity contribution in [2.75, 3.05) is 11.9 Å². The number of piperidine rings is 1. The highest BCUT2D eigenvalue weighted by atomic mass is 19.4. The number of halogens is 3. The number of alkyl halides is 3. The van der Waals surface area contributed by atoms with Gasteiger partial charge in [-0.1, -0.05) is 6.07 Å². The Morgan fingerprint density at radius 1 is 1.09 bits per heavy atom. The van der Waals surface area contributed by atoms with Gasteiger partial charge in [-0.25, -0.2) is 9.97 Å². The van der Waals surface area contributed by atoms with Crippen LogP contribution in [0.2, 0.25) is 0 Å². The quantitative estimate of drug-likeness (QED) is 0.626. The molecule has 3 atom stereocenters. The molecule has 3 aromatic heterocycles. The van der Waals surface area contributed by atoms with Crippen molar-refractivity contribution in [3.05, 3.63) is 71.8 Å². The molecular formula is C24H22F3N5O. The van der Waals surface area contributed by atoms with Crippen LogP contribution >= 0.6 is 0 Å². The summed E-state index contributed by atoms with van der Waals surface area (Å²) < 4.78 is 38.5. The van der Waals surface area contributed by atoms with Crippen molar-refractivity contribution in [2.24, 2.45) is 5.92 Å². The summed E-state index contributed by atoms with van der Waals surface area (Å²) in [5.74, 6) is 0.545. The molecule has 1 aliphatic heterocycles. The molecule has 6 nitrogen and oxygen atoms in total. The number of hydrogen-bond acceptors (Lipinski definition) is 5. The predicted molar refractivity (Wildman–Crippen MR) is 116 cm³/mol. The molecule has 1 saturated carbocycles. The second-order valence-electron chi connectivity index (χ2n) is 8.61. The van der Waals surface area contributed by atoms with E-state index in [1.165, 1.54) is 6.07 Å². The lowest BCUT2D eigenvalue weighted by Gasteiger charge is -2.34. The number of carbonyl (C=O) groups excluding carboxylic acids is 1. The van der Waals surface area contributed by atoms with E-state index in [0.717, 1.165) is 30.8 Å². The normalized spacial score (nSPS) is 21.9. The van der Waals surface area contributed by atoms with Crippen LogP contribution in [0.3, 0.4) is 0 Å². The van der Waals surface area contributed by atoms with Gasteiger partial charge in [0.2, 0.25) is 0 Å². The third kappa shape index (κ3) is 4.15. The van der Waals surface area contributed by atoms with E-state index in [-0.39, 0.29) is 18.0 Å². The summed E-state index contributed by atoms with van der Waals surface area (Å²) in [5.41, 5.74) is 1.69. The first kappa shape index (κ1) is 21.4. The van der Waals surface area contributed by atoms with Gasteiger partial charge in [0.25, 0.3) is 5.91 Å². The van der Waals surface area contributed by atoms with Crippen molar-refractivity contribution < 1.29 is 18.0 Å². The molecule has 4 heterocycles. The van der Waals surface area contributed by atoms with Gasteiger partial charge in [0.1, 0.15) is 11.5 Å². The maximum atomic E-state index is 13.6. The number of aromatic nitrogens is 3. The molecule has 2 bridgehead atoms. The number of nitrogens with zero attached hydrogens (tertiary/aromatic N) is 4. The van der Waals surface area contributed by atoms with Gasteiger partial charge in [0.15, 0.2) is 0 Å². The lowest BCUT2D eigenvalue weighted by atomic mass is 10.0. The van der Waals surface area contributed by atoms with Crippen molar-refractivity contribution in [3.63, 3.8) is 0 Å². The molecule has 2 fully saturated rings. The minimum absolute atomic E-state index is 0.0783. The Hall–Kier alpha value is -3.49. The Kier molecular flexibility index (Phi) is 5.26. The zero-order valence-corrected chi connectivity index (χ0v) is 17.9. The third-order valence-corrected chi connectivity index (χ3v) is 6.34. The van der Waals surface area contributed by atoms with Gasteiger partial charge in [-0.15, -0.1) is 0 Å². The Bertz CT molecular complexity index is 1170. The summed E-state index contributed by atoms with van der Waals surface area (Å²) in [5, 5.41) is 3.24. The van der Waals surface area contributed by atoms with Crippen molar-refractivity contribution in [2.45, 2.75) is 38.0 Å². The Balaban J connectivity index is 1.37. The zero-order valence-electron chi connectivity index (χ0n) is 17.9. The van der Waals surface area contributed by atoms with Gasteiger partial charge in [-0.05, 0) is 62.1 Å². The van der Waals surface area contributed by atoms with Crippen LogP contribution in [0, 0.1) is 12.8 Å². The highest BCUT2D eigenvalue weighted by molar-refractivity contribution is 5.99. The first-order valence-electron chi connectivity index (χ1n) is 10.8. The fourth-order valence-corrected chi connectivity index (χ4v) is 4.84. The van der Waals surface area contributed by atoms with Gasteiger partial charge < -0.3 is 10.2 Å². The van der Waals surface area contributed by atoms with Gasteiger partial charge in [-0.3, -0.25) is 9.78 Å². The topological polar surface area (TPSA) is 71.0 Å². The van der Waals surface area contributed by atoms with E-state index in [1.54, 1.807) is 6.20 Å². The van der Waals surface area contributed by atoms with E-state index in [0.29, 0.717) is 35.2 Å². The van der Waals surface area contributed by atoms with E-state index in [2.05, 4.69) is 20.3 Å². The van der Waals surface area contributed by atoms with Crippen LogP contribution < -0.4 is 5.32 Å². The number of fused-ring (bicyclic) bond motifs is 2. The van der Waals surface area contributed by atoms with Gasteiger partial charge in [0.05, 0.1) is 17.3 Å². The van der Waals surface area contributed by atoms with Gasteiger partial charge in [0, 0.05) is 36.2 Å². The summed E-state index contributed by atoms with van der Waals surface area (Å²) in [6, 6.07) is 11.4. The smallest absolute Gasteiger partial charge is 0.365 e. The molecule has 1 saturated heterocycles. The summed E-state index contributed by atoms with van der Waals surface area (Å²) in [6.45, 7) is 2.48. The number of anilines is 1. The molecule has 3 aromatic rings. The van der Waals surface area contributed by atoms with Crippen LogP contribution in [0.15, 0.2) is 54.9 Å². The molecule has 1 aliphatic carbocycles. The van der Waals surface area contributed by atoms with Crippen molar-refractivity contribution in [1.82, 2.24) is 19.9 Å². The molecule has 5 rings (SSSR count). The monoisotopic (exact) mass is 453 g/mol. The first-order valence-corrected chi connectivity index (χ1v) is 10.8. The molecule has 0 aromatic carbocycles. The minimum atomic E-state index is -4.42. The van der Waals surface area contributed by atoms with Crippen LogP contribution in [-0.2, 0) is 6.18 Å². The van der Waals surface area contributed by atoms with Gasteiger partial charge in [-0.2, -0.15) is 13.2 Å². The number of nitrogens with one attached hydrogen (secondary N) is 1. The molecule has 170 valence electrons. The number of likely N-dealkylation sites (tertiary alicyclic amines) is 1. The average Bonchev–Trinajstić information content (AvgIpc) is 3.39. The molecular weight excluding hydrogens is 431 g/mol. The number of rotatable bonds is 4. The van der Waals surface area contributed by atoms with Crippen molar-refractivity contribution in [1.29, 1.82) is 0 Å². The van der Waals surface area contributed by atoms with E-state index in [4.69, 9.17) is 0 Å². The highest BCUT2D eigenvalue weighted by Crippen LogP contribution is 2.40. The number of amides is 1. The second kappa shape index (κ2) is 8.13. The molecule has 0 radical (unpaired) electrons. The third-order valence-electron chi connectivity index (χ3n) is 6.34. The van der Waals surface area contributed by atoms with Crippen LogP contribution in [0.5, 0.6) is 0 Å². The summed E-state index contributed by atoms with van der Waals surface area (Å²) in [6.07, 6.45) is -0.236. The lowest BCUT2D eigenvalue weighted by Crippen LogP contribution is -2.48. The standard InChI is InChI=1S/C24H22F3N5O/c1-14-5-7-17(18-4-2-3-9-28-18)22(30-14)23(33)32-13-15-10-19(20(32)11-15)31-21-8-6-16(12-29-21)24(25,26)27/h2-9,12,15,19-20H,10-11,13H2,1H3,(H,29,31)/t15-,19+,20-/m0/s1. The summed E-state index contributed by atoms with van der Waals surface area (Å²) >= 11 is 0. The number of pyridine rings is 3. The SMILES string of the molecule is Cc1ccc(-c2ccccn2)c(C(=O)N2C[C@H]3C[C@@H](Nc4ccc(C(F)(F)F)cn4)[C@@H]2C3)n1. The fourth-order valence-electron chi connectivity index (χ4n) is 4.84. The van der Waals surface area contributed by atoms with Gasteiger partial charge >= 0.3 is 6.18 Å². The van der Waals surface area contributed by atoms with Crippen LogP contribution in [0.1, 0.15) is 34.6 Å². The Morgan fingerprint density at radius 3 is 2.61 bits per heavy atom. The summed E-state index contributed by atoms with van der Waals surface area (Å²) in [7, 11) is 0.